The molecule has 0 fully saturated rings. The van der Waals surface area contributed by atoms with Crippen LogP contribution in [0.1, 0.15) is 17.2 Å². The fourth-order valence-corrected chi connectivity index (χ4v) is 1.61. The van der Waals surface area contributed by atoms with Crippen molar-refractivity contribution in [3.63, 3.8) is 0 Å². The summed E-state index contributed by atoms with van der Waals surface area (Å²) in [6.07, 6.45) is -4.59. The second-order valence-corrected chi connectivity index (χ2v) is 3.59. The zero-order chi connectivity index (χ0) is 13.2. The van der Waals surface area contributed by atoms with Crippen LogP contribution in [0.3, 0.4) is 0 Å². The number of nitrogens with two attached hydrogens (primary N) is 1. The van der Waals surface area contributed by atoms with Crippen LogP contribution >= 0.6 is 11.6 Å². The van der Waals surface area contributed by atoms with Crippen LogP contribution in [0.5, 0.6) is 0 Å². The van der Waals surface area contributed by atoms with Gasteiger partial charge < -0.3 is 10.5 Å². The summed E-state index contributed by atoms with van der Waals surface area (Å²) in [5.41, 5.74) is 4.29. The number of hydrogen-bond acceptors (Lipinski definition) is 3. The molecule has 7 heteroatoms. The lowest BCUT2D eigenvalue weighted by molar-refractivity contribution is -0.142. The molecule has 1 aromatic rings. The van der Waals surface area contributed by atoms with Crippen LogP contribution in [-0.4, -0.2) is 13.1 Å². The molecule has 0 radical (unpaired) electrons. The van der Waals surface area contributed by atoms with Gasteiger partial charge in [-0.2, -0.15) is 13.2 Å². The highest BCUT2D eigenvalue weighted by Gasteiger charge is 2.35. The summed E-state index contributed by atoms with van der Waals surface area (Å²) in [5.74, 6) is -0.855. The maximum atomic E-state index is 12.5. The second-order valence-electron chi connectivity index (χ2n) is 3.21. The van der Waals surface area contributed by atoms with Gasteiger partial charge in [0.2, 0.25) is 0 Å². The third-order valence-corrected chi connectivity index (χ3v) is 2.55. The molecule has 0 aliphatic heterocycles. The molecule has 2 N–H and O–H groups in total. The van der Waals surface area contributed by atoms with Crippen LogP contribution in [0.25, 0.3) is 0 Å². The molecule has 0 amide bonds. The molecule has 3 nitrogen and oxygen atoms in total. The first-order valence-corrected chi connectivity index (χ1v) is 4.86. The van der Waals surface area contributed by atoms with Crippen LogP contribution < -0.4 is 5.73 Å². The molecule has 0 aliphatic carbocycles. The van der Waals surface area contributed by atoms with Crippen LogP contribution in [0.2, 0.25) is 5.02 Å². The molecule has 0 heterocycles. The van der Waals surface area contributed by atoms with Gasteiger partial charge in [-0.1, -0.05) is 23.7 Å². The van der Waals surface area contributed by atoms with Crippen molar-refractivity contribution in [1.82, 2.24) is 0 Å². The van der Waals surface area contributed by atoms with Crippen molar-refractivity contribution in [3.05, 3.63) is 34.3 Å². The average molecular weight is 268 g/mol. The van der Waals surface area contributed by atoms with Crippen molar-refractivity contribution in [2.45, 2.75) is 12.2 Å². The minimum Gasteiger partial charge on any atom is -0.468 e. The molecule has 0 saturated carbocycles. The molecule has 0 saturated heterocycles. The minimum absolute atomic E-state index is 0.117. The summed E-state index contributed by atoms with van der Waals surface area (Å²) < 4.78 is 41.9. The Bertz CT molecular complexity index is 434. The fourth-order valence-electron chi connectivity index (χ4n) is 1.26. The predicted molar refractivity (Wildman–Crippen MR) is 55.4 cm³/mol. The number of carbonyl (C=O) groups is 1. The Morgan fingerprint density at radius 2 is 2.06 bits per heavy atom. The number of esters is 1. The molecule has 1 rings (SSSR count). The van der Waals surface area contributed by atoms with E-state index in [0.717, 1.165) is 19.2 Å². The largest absolute Gasteiger partial charge is 0.468 e. The van der Waals surface area contributed by atoms with E-state index >= 15 is 0 Å². The number of benzene rings is 1. The molecule has 0 spiro atoms. The van der Waals surface area contributed by atoms with Gasteiger partial charge in [-0.3, -0.25) is 4.79 Å². The van der Waals surface area contributed by atoms with Crippen molar-refractivity contribution in [2.24, 2.45) is 5.73 Å². The summed E-state index contributed by atoms with van der Waals surface area (Å²) in [4.78, 5) is 11.1. The predicted octanol–water partition coefficient (Wildman–Crippen LogP) is 2.53. The molecule has 0 unspecified atom stereocenters. The van der Waals surface area contributed by atoms with Gasteiger partial charge in [-0.05, 0) is 11.6 Å². The van der Waals surface area contributed by atoms with Crippen molar-refractivity contribution in [3.8, 4) is 0 Å². The first-order chi connectivity index (χ1) is 7.79. The van der Waals surface area contributed by atoms with Gasteiger partial charge in [0.1, 0.15) is 6.04 Å². The number of ether oxygens (including phenoxy) is 1. The quantitative estimate of drug-likeness (QED) is 0.838. The number of rotatable bonds is 2. The lowest BCUT2D eigenvalue weighted by atomic mass is 10.0. The van der Waals surface area contributed by atoms with E-state index in [0.29, 0.717) is 0 Å². The molecule has 0 aromatic heterocycles. The Morgan fingerprint density at radius 1 is 1.47 bits per heavy atom. The van der Waals surface area contributed by atoms with Gasteiger partial charge in [0.15, 0.2) is 0 Å². The van der Waals surface area contributed by atoms with E-state index in [-0.39, 0.29) is 5.56 Å². The Hall–Kier alpha value is -1.27. The highest BCUT2D eigenvalue weighted by Crippen LogP contribution is 2.37. The van der Waals surface area contributed by atoms with E-state index < -0.39 is 28.8 Å². The summed E-state index contributed by atoms with van der Waals surface area (Å²) in [5, 5.41) is -0.585. The number of alkyl halides is 3. The topological polar surface area (TPSA) is 52.3 Å². The van der Waals surface area contributed by atoms with Crippen LogP contribution in [0, 0.1) is 0 Å². The summed E-state index contributed by atoms with van der Waals surface area (Å²) >= 11 is 5.58. The lowest BCUT2D eigenvalue weighted by Gasteiger charge is -2.15. The van der Waals surface area contributed by atoms with Gasteiger partial charge in [-0.15, -0.1) is 0 Å². The fraction of sp³-hybridized carbons (Fsp3) is 0.300. The van der Waals surface area contributed by atoms with Crippen LogP contribution in [0.15, 0.2) is 18.2 Å². The van der Waals surface area contributed by atoms with E-state index in [9.17, 15) is 18.0 Å². The molecule has 0 aliphatic rings. The second kappa shape index (κ2) is 4.93. The first kappa shape index (κ1) is 13.8. The van der Waals surface area contributed by atoms with Crippen LogP contribution in [-0.2, 0) is 15.7 Å². The Labute approximate surface area is 100 Å². The number of methoxy groups -OCH3 is 1. The van der Waals surface area contributed by atoms with Crippen molar-refractivity contribution in [1.29, 1.82) is 0 Å². The maximum Gasteiger partial charge on any atom is 0.417 e. The molecule has 1 atom stereocenters. The molecule has 17 heavy (non-hydrogen) atoms. The maximum absolute atomic E-state index is 12.5. The monoisotopic (exact) mass is 267 g/mol. The Morgan fingerprint density at radius 3 is 2.53 bits per heavy atom. The molecule has 1 aromatic carbocycles. The standard InChI is InChI=1S/C10H9ClF3NO2/c1-17-9(16)8(15)5-3-2-4-6(7(5)11)10(12,13)14/h2-4,8H,15H2,1H3/t8-/m1/s1. The third-order valence-electron chi connectivity index (χ3n) is 2.12. The number of hydrogen-bond donors (Lipinski definition) is 1. The van der Waals surface area contributed by atoms with E-state index in [1.807, 2.05) is 0 Å². The molecule has 0 bridgehead atoms. The average Bonchev–Trinajstić information content (AvgIpc) is 2.25. The number of halogens is 4. The molecular weight excluding hydrogens is 259 g/mol. The van der Waals surface area contributed by atoms with E-state index in [1.165, 1.54) is 6.07 Å². The van der Waals surface area contributed by atoms with Crippen LogP contribution in [0.4, 0.5) is 13.2 Å². The molecular formula is C10H9ClF3NO2. The highest BCUT2D eigenvalue weighted by atomic mass is 35.5. The van der Waals surface area contributed by atoms with Gasteiger partial charge in [-0.25, -0.2) is 0 Å². The van der Waals surface area contributed by atoms with Gasteiger partial charge in [0.25, 0.3) is 0 Å². The Balaban J connectivity index is 3.24. The zero-order valence-corrected chi connectivity index (χ0v) is 9.47. The first-order valence-electron chi connectivity index (χ1n) is 4.48. The minimum atomic E-state index is -4.59. The zero-order valence-electron chi connectivity index (χ0n) is 8.72. The number of carbonyl (C=O) groups excluding carboxylic acids is 1. The van der Waals surface area contributed by atoms with Gasteiger partial charge in [0, 0.05) is 0 Å². The smallest absolute Gasteiger partial charge is 0.417 e. The van der Waals surface area contributed by atoms with E-state index in [4.69, 9.17) is 17.3 Å². The SMILES string of the molecule is COC(=O)[C@H](N)c1cccc(C(F)(F)F)c1Cl. The highest BCUT2D eigenvalue weighted by molar-refractivity contribution is 6.32. The van der Waals surface area contributed by atoms with Crippen molar-refractivity contribution in [2.75, 3.05) is 7.11 Å². The summed E-state index contributed by atoms with van der Waals surface area (Å²) in [6.45, 7) is 0. The Kier molecular flexibility index (Phi) is 4.00. The van der Waals surface area contributed by atoms with Gasteiger partial charge >= 0.3 is 12.1 Å². The lowest BCUT2D eigenvalue weighted by Crippen LogP contribution is -2.23. The molecule has 94 valence electrons. The normalized spacial score (nSPS) is 13.3. The van der Waals surface area contributed by atoms with E-state index in [2.05, 4.69) is 4.74 Å². The summed E-state index contributed by atoms with van der Waals surface area (Å²) in [7, 11) is 1.09. The van der Waals surface area contributed by atoms with Crippen molar-refractivity contribution < 1.29 is 22.7 Å². The van der Waals surface area contributed by atoms with Gasteiger partial charge in [0.05, 0.1) is 17.7 Å². The third kappa shape index (κ3) is 2.89. The van der Waals surface area contributed by atoms with E-state index in [1.54, 1.807) is 0 Å². The van der Waals surface area contributed by atoms with Crippen molar-refractivity contribution >= 4 is 17.6 Å². The summed E-state index contributed by atoms with van der Waals surface area (Å²) in [6, 6.07) is 1.86.